The van der Waals surface area contributed by atoms with E-state index in [9.17, 15) is 14.7 Å². The molecule has 0 amide bonds. The summed E-state index contributed by atoms with van der Waals surface area (Å²) in [6.07, 6.45) is 0.685. The van der Waals surface area contributed by atoms with E-state index >= 15 is 8.78 Å². The fraction of sp³-hybridized carbons (Fsp3) is 0.818. The third-order valence-corrected chi connectivity index (χ3v) is 11.6. The van der Waals surface area contributed by atoms with Crippen LogP contribution in [0.3, 0.4) is 0 Å². The lowest BCUT2D eigenvalue weighted by atomic mass is 9.44. The summed E-state index contributed by atoms with van der Waals surface area (Å²) in [5.41, 5.74) is -6.11. The van der Waals surface area contributed by atoms with Crippen LogP contribution in [-0.4, -0.2) is 96.5 Å². The van der Waals surface area contributed by atoms with Crippen molar-refractivity contribution in [3.05, 3.63) is 23.8 Å². The number of hydrogen-bond acceptors (Lipinski definition) is 8. The average Bonchev–Trinajstić information content (AvgIpc) is 3.45. The number of nitrogens with zero attached hydrogens (tertiary/aromatic N) is 1. The van der Waals surface area contributed by atoms with Gasteiger partial charge in [0.2, 0.25) is 0 Å². The van der Waals surface area contributed by atoms with Crippen molar-refractivity contribution >= 4 is 11.6 Å². The second-order valence-electron chi connectivity index (χ2n) is 13.6. The Morgan fingerprint density at radius 2 is 2.00 bits per heavy atom. The van der Waals surface area contributed by atoms with Crippen molar-refractivity contribution < 1.29 is 37.7 Å². The van der Waals surface area contributed by atoms with Crippen molar-refractivity contribution in [2.45, 2.75) is 116 Å². The SMILES string of the molecule is CCCC1O[C@@H]2C[C@H]3[C@@H]4C[C@H](F)C5=CC(=O)C=C[C@]5(C)[C@@]4(F)[C@@H](O)C[C@]3(C)[C@]2(C(=O)COC(C)N(CC)CCNCC)O1. The molecule has 1 heterocycles. The van der Waals surface area contributed by atoms with Gasteiger partial charge >= 0.3 is 0 Å². The molecule has 10 heteroatoms. The maximum absolute atomic E-state index is 17.6. The fourth-order valence-corrected chi connectivity index (χ4v) is 9.29. The first-order chi connectivity index (χ1) is 20.3. The number of likely N-dealkylation sites (N-methyl/N-ethyl adjacent to an activating group) is 2. The van der Waals surface area contributed by atoms with E-state index < -0.39 is 58.6 Å². The molecular weight excluding hydrogens is 558 g/mol. The Hall–Kier alpha value is -1.56. The van der Waals surface area contributed by atoms with Crippen molar-refractivity contribution in [2.24, 2.45) is 22.7 Å². The van der Waals surface area contributed by atoms with E-state index in [-0.39, 0.29) is 42.8 Å². The van der Waals surface area contributed by atoms with Gasteiger partial charge in [-0.2, -0.15) is 0 Å². The third kappa shape index (κ3) is 4.81. The van der Waals surface area contributed by atoms with Crippen molar-refractivity contribution in [3.8, 4) is 0 Å². The highest BCUT2D eigenvalue weighted by Gasteiger charge is 2.80. The van der Waals surface area contributed by atoms with Crippen LogP contribution in [-0.2, 0) is 23.8 Å². The normalized spacial score (nSPS) is 44.0. The minimum absolute atomic E-state index is 0.0595. The van der Waals surface area contributed by atoms with Crippen LogP contribution in [0.15, 0.2) is 23.8 Å². The largest absolute Gasteiger partial charge is 0.390 e. The smallest absolute Gasteiger partial charge is 0.193 e. The summed E-state index contributed by atoms with van der Waals surface area (Å²) >= 11 is 0. The Balaban J connectivity index is 1.46. The highest BCUT2D eigenvalue weighted by atomic mass is 19.1. The molecule has 0 bridgehead atoms. The Kier molecular flexibility index (Phi) is 9.15. The van der Waals surface area contributed by atoms with E-state index in [1.807, 2.05) is 27.7 Å². The van der Waals surface area contributed by atoms with Gasteiger partial charge < -0.3 is 24.6 Å². The van der Waals surface area contributed by atoms with Crippen molar-refractivity contribution in [1.82, 2.24) is 10.2 Å². The van der Waals surface area contributed by atoms with Gasteiger partial charge in [0, 0.05) is 29.8 Å². The molecule has 1 aliphatic heterocycles. The van der Waals surface area contributed by atoms with Gasteiger partial charge in [-0.15, -0.1) is 0 Å². The van der Waals surface area contributed by atoms with E-state index in [0.29, 0.717) is 12.8 Å². The Bertz CT molecular complexity index is 1150. The molecule has 0 radical (unpaired) electrons. The summed E-state index contributed by atoms with van der Waals surface area (Å²) < 4.78 is 52.6. The molecule has 4 aliphatic carbocycles. The molecule has 1 saturated heterocycles. The number of halogens is 2. The summed E-state index contributed by atoms with van der Waals surface area (Å²) in [5, 5.41) is 15.1. The van der Waals surface area contributed by atoms with Gasteiger partial charge in [0.25, 0.3) is 0 Å². The van der Waals surface area contributed by atoms with Crippen LogP contribution >= 0.6 is 0 Å². The molecule has 8 nitrogen and oxygen atoms in total. The number of aliphatic hydroxyl groups excluding tert-OH is 1. The maximum Gasteiger partial charge on any atom is 0.193 e. The van der Waals surface area contributed by atoms with Crippen molar-refractivity contribution in [3.63, 3.8) is 0 Å². The number of hydrogen-bond donors (Lipinski definition) is 2. The van der Waals surface area contributed by atoms with Gasteiger partial charge in [-0.05, 0) is 76.3 Å². The number of carbonyl (C=O) groups is 2. The number of Topliss-reactive ketones (excluding diaryl/α,β-unsaturated/α-hetero) is 1. The lowest BCUT2D eigenvalue weighted by molar-refractivity contribution is -0.235. The van der Waals surface area contributed by atoms with E-state index in [1.165, 1.54) is 18.2 Å². The van der Waals surface area contributed by atoms with Crippen LogP contribution in [0.25, 0.3) is 0 Å². The molecule has 5 rings (SSSR count). The molecule has 0 aromatic rings. The van der Waals surface area contributed by atoms with Gasteiger partial charge in [0.1, 0.15) is 19.0 Å². The zero-order chi connectivity index (χ0) is 31.4. The number of nitrogens with one attached hydrogen (secondary N) is 1. The molecule has 0 spiro atoms. The Labute approximate surface area is 254 Å². The number of aliphatic hydroxyl groups is 1. The Morgan fingerprint density at radius 1 is 1.26 bits per heavy atom. The van der Waals surface area contributed by atoms with E-state index in [1.54, 1.807) is 6.92 Å². The molecule has 3 saturated carbocycles. The highest BCUT2D eigenvalue weighted by Crippen LogP contribution is 2.72. The Morgan fingerprint density at radius 3 is 2.67 bits per heavy atom. The molecule has 0 aromatic carbocycles. The zero-order valence-electron chi connectivity index (χ0n) is 26.5. The van der Waals surface area contributed by atoms with Gasteiger partial charge in [-0.1, -0.05) is 40.2 Å². The van der Waals surface area contributed by atoms with Gasteiger partial charge in [0.15, 0.2) is 29.1 Å². The zero-order valence-corrected chi connectivity index (χ0v) is 26.5. The van der Waals surface area contributed by atoms with E-state index in [2.05, 4.69) is 17.1 Å². The fourth-order valence-electron chi connectivity index (χ4n) is 9.29. The summed E-state index contributed by atoms with van der Waals surface area (Å²) in [6, 6.07) is 0. The first-order valence-corrected chi connectivity index (χ1v) is 16.2. The van der Waals surface area contributed by atoms with E-state index in [4.69, 9.17) is 14.2 Å². The van der Waals surface area contributed by atoms with Crippen molar-refractivity contribution in [1.29, 1.82) is 0 Å². The van der Waals surface area contributed by atoms with Gasteiger partial charge in [-0.3, -0.25) is 14.5 Å². The van der Waals surface area contributed by atoms with Crippen LogP contribution in [0, 0.1) is 22.7 Å². The maximum atomic E-state index is 17.6. The molecule has 0 aromatic heterocycles. The molecule has 43 heavy (non-hydrogen) atoms. The first-order valence-electron chi connectivity index (χ1n) is 16.2. The van der Waals surface area contributed by atoms with Crippen LogP contribution < -0.4 is 5.32 Å². The summed E-state index contributed by atoms with van der Waals surface area (Å²) in [5.74, 6) is -2.07. The average molecular weight is 609 g/mol. The second kappa shape index (κ2) is 12.0. The quantitative estimate of drug-likeness (QED) is 0.253. The molecule has 5 aliphatic rings. The predicted octanol–water partition coefficient (Wildman–Crippen LogP) is 4.06. The monoisotopic (exact) mass is 608 g/mol. The number of fused-ring (bicyclic) bond motifs is 7. The summed E-state index contributed by atoms with van der Waals surface area (Å²) in [6.45, 7) is 14.4. The number of carbonyl (C=O) groups excluding carboxylic acids is 2. The molecule has 2 unspecified atom stereocenters. The third-order valence-electron chi connectivity index (χ3n) is 11.6. The minimum atomic E-state index is -2.23. The molecule has 11 atom stereocenters. The first kappa shape index (κ1) is 32.8. The predicted molar refractivity (Wildman–Crippen MR) is 158 cm³/mol. The molecule has 2 N–H and O–H groups in total. The minimum Gasteiger partial charge on any atom is -0.390 e. The van der Waals surface area contributed by atoms with Crippen LogP contribution in [0.5, 0.6) is 0 Å². The lowest BCUT2D eigenvalue weighted by Gasteiger charge is -2.63. The van der Waals surface area contributed by atoms with Gasteiger partial charge in [0.05, 0.1) is 12.2 Å². The van der Waals surface area contributed by atoms with Gasteiger partial charge in [-0.25, -0.2) is 8.78 Å². The number of allylic oxidation sites excluding steroid dienone is 4. The van der Waals surface area contributed by atoms with E-state index in [0.717, 1.165) is 32.6 Å². The second-order valence-corrected chi connectivity index (χ2v) is 13.6. The topological polar surface area (TPSA) is 97.3 Å². The summed E-state index contributed by atoms with van der Waals surface area (Å²) in [7, 11) is 0. The number of ether oxygens (including phenoxy) is 3. The van der Waals surface area contributed by atoms with Crippen molar-refractivity contribution in [2.75, 3.05) is 32.8 Å². The summed E-state index contributed by atoms with van der Waals surface area (Å²) in [4.78, 5) is 28.7. The van der Waals surface area contributed by atoms with Crippen LogP contribution in [0.4, 0.5) is 8.78 Å². The number of ketones is 2. The van der Waals surface area contributed by atoms with Crippen LogP contribution in [0.1, 0.15) is 73.6 Å². The molecule has 4 fully saturated rings. The lowest BCUT2D eigenvalue weighted by Crippen LogP contribution is -2.71. The number of rotatable bonds is 12. The molecule has 242 valence electrons. The highest BCUT2D eigenvalue weighted by molar-refractivity contribution is 6.01. The number of alkyl halides is 2. The molecular formula is C33H50F2N2O6. The standard InChI is InChI=1S/C33H50F2N2O6/c1-7-10-29-42-28-17-22-23-16-25(34)24-15-21(38)11-12-30(24,5)32(23,35)26(39)18-31(22,6)33(28,43-29)27(40)19-41-20(4)37(9-3)14-13-36-8-2/h11-12,15,20,22-23,25-26,28-29,36,39H,7-10,13-14,16-19H2,1-6H3/t20?,22-,23-,25-,26-,28+,29?,30-,31-,32-,33+/m0/s1. The van der Waals surface area contributed by atoms with Crippen LogP contribution in [0.2, 0.25) is 0 Å².